The van der Waals surface area contributed by atoms with Crippen molar-refractivity contribution in [1.29, 1.82) is 0 Å². The predicted molar refractivity (Wildman–Crippen MR) is 187 cm³/mol. The highest BCUT2D eigenvalue weighted by molar-refractivity contribution is 7.42. The molecule has 3 nitrogen and oxygen atoms in total. The molecule has 0 N–H and O–H groups in total. The lowest BCUT2D eigenvalue weighted by atomic mass is 10.1. The summed E-state index contributed by atoms with van der Waals surface area (Å²) in [5, 5.41) is 2.38. The van der Waals surface area contributed by atoms with E-state index < -0.39 is 0 Å². The van der Waals surface area contributed by atoms with E-state index in [1.807, 2.05) is 19.1 Å². The third kappa shape index (κ3) is 9.14. The normalized spacial score (nSPS) is 11.0. The van der Waals surface area contributed by atoms with Crippen LogP contribution in [0.2, 0.25) is 0 Å². The quantitative estimate of drug-likeness (QED) is 0.163. The average Bonchev–Trinajstić information content (AvgIpc) is 2.97. The Hall–Kier alpha value is -3.21. The second kappa shape index (κ2) is 15.3. The summed E-state index contributed by atoms with van der Waals surface area (Å²) in [6.45, 7) is 12.5. The first-order chi connectivity index (χ1) is 20.2. The van der Waals surface area contributed by atoms with E-state index in [9.17, 15) is 0 Å². The Morgan fingerprint density at radius 2 is 0.762 bits per heavy atom. The Morgan fingerprint density at radius 1 is 0.429 bits per heavy atom. The minimum atomic E-state index is 0.296. The highest BCUT2D eigenvalue weighted by atomic mass is 31.1. The van der Waals surface area contributed by atoms with Gasteiger partial charge in [0, 0.05) is 10.6 Å². The SMILES string of the molecule is Cc1ccc(OP)c(C)c1.Cc1ccc(OPc2ccc(-c3ccc(POc4ccc(C)cc4C)cc3)cc2)c(C)c1. The standard InChI is InChI=1S/C28H28O2P2.C8H11OP/c1-19-5-15-27(21(3)17-19)29-31-25-11-7-23(8-12-25)24-9-13-26(14-10-24)32-30-28-16-6-20(2)18-22(28)4;1-6-3-4-8(9-10)7(2)5-6/h5-18,31-32H,1-4H3;3-5H,10H2,1-2H3. The van der Waals surface area contributed by atoms with E-state index in [-0.39, 0.29) is 0 Å². The zero-order valence-electron chi connectivity index (χ0n) is 25.1. The van der Waals surface area contributed by atoms with Gasteiger partial charge in [-0.2, -0.15) is 0 Å². The molecule has 3 atom stereocenters. The van der Waals surface area contributed by atoms with Crippen molar-refractivity contribution in [3.63, 3.8) is 0 Å². The number of benzene rings is 5. The topological polar surface area (TPSA) is 27.7 Å². The van der Waals surface area contributed by atoms with Gasteiger partial charge < -0.3 is 13.6 Å². The van der Waals surface area contributed by atoms with Crippen molar-refractivity contribution in [2.45, 2.75) is 41.5 Å². The van der Waals surface area contributed by atoms with Crippen molar-refractivity contribution >= 4 is 37.7 Å². The zero-order chi connectivity index (χ0) is 30.1. The van der Waals surface area contributed by atoms with Gasteiger partial charge >= 0.3 is 0 Å². The Balaban J connectivity index is 0.000000343. The minimum Gasteiger partial charge on any atom is -0.480 e. The Bertz CT molecular complexity index is 1520. The van der Waals surface area contributed by atoms with Gasteiger partial charge in [0.2, 0.25) is 0 Å². The summed E-state index contributed by atoms with van der Waals surface area (Å²) < 4.78 is 17.1. The van der Waals surface area contributed by atoms with E-state index in [2.05, 4.69) is 135 Å². The summed E-state index contributed by atoms with van der Waals surface area (Å²) in [4.78, 5) is 0. The fraction of sp³-hybridized carbons (Fsp3) is 0.167. The molecule has 0 aliphatic rings. The fourth-order valence-corrected chi connectivity index (χ4v) is 6.23. The first-order valence-electron chi connectivity index (χ1n) is 13.9. The lowest BCUT2D eigenvalue weighted by Gasteiger charge is -2.11. The second-order valence-electron chi connectivity index (χ2n) is 10.5. The van der Waals surface area contributed by atoms with Crippen molar-refractivity contribution in [3.8, 4) is 28.4 Å². The van der Waals surface area contributed by atoms with Crippen LogP contribution in [0.25, 0.3) is 11.1 Å². The molecule has 5 rings (SSSR count). The summed E-state index contributed by atoms with van der Waals surface area (Å²) in [5.74, 6) is 2.84. The van der Waals surface area contributed by atoms with Gasteiger partial charge in [-0.25, -0.2) is 0 Å². The number of rotatable bonds is 8. The molecule has 0 amide bonds. The van der Waals surface area contributed by atoms with Gasteiger partial charge in [0.25, 0.3) is 0 Å². The van der Waals surface area contributed by atoms with Gasteiger partial charge in [-0.05, 0) is 87.6 Å². The number of hydrogen-bond donors (Lipinski definition) is 0. The van der Waals surface area contributed by atoms with Crippen LogP contribution in [0.15, 0.2) is 103 Å². The van der Waals surface area contributed by atoms with Crippen molar-refractivity contribution in [1.82, 2.24) is 0 Å². The monoisotopic (exact) mass is 612 g/mol. The van der Waals surface area contributed by atoms with E-state index >= 15 is 0 Å². The molecule has 42 heavy (non-hydrogen) atoms. The third-order valence-electron chi connectivity index (χ3n) is 6.78. The Labute approximate surface area is 257 Å². The maximum absolute atomic E-state index is 6.03. The predicted octanol–water partition coefficient (Wildman–Crippen LogP) is 9.66. The molecule has 0 aliphatic heterocycles. The van der Waals surface area contributed by atoms with Crippen LogP contribution in [-0.4, -0.2) is 0 Å². The molecule has 6 heteroatoms. The van der Waals surface area contributed by atoms with Crippen LogP contribution in [0.4, 0.5) is 0 Å². The van der Waals surface area contributed by atoms with Crippen LogP contribution in [0, 0.1) is 41.5 Å². The van der Waals surface area contributed by atoms with Crippen LogP contribution < -0.4 is 24.2 Å². The van der Waals surface area contributed by atoms with Gasteiger partial charge in [-0.15, -0.1) is 0 Å². The second-order valence-corrected chi connectivity index (χ2v) is 12.7. The number of hydrogen-bond acceptors (Lipinski definition) is 3. The van der Waals surface area contributed by atoms with Crippen LogP contribution in [0.3, 0.4) is 0 Å². The molecule has 3 unspecified atom stereocenters. The Morgan fingerprint density at radius 3 is 1.07 bits per heavy atom. The molecule has 0 saturated carbocycles. The molecular formula is C36H39O3P3. The molecule has 0 spiro atoms. The summed E-state index contributed by atoms with van der Waals surface area (Å²) in [6, 6.07) is 35.9. The van der Waals surface area contributed by atoms with E-state index in [1.54, 1.807) is 0 Å². The Kier molecular flexibility index (Phi) is 11.6. The summed E-state index contributed by atoms with van der Waals surface area (Å²) in [7, 11) is 2.83. The smallest absolute Gasteiger partial charge is 0.126 e. The van der Waals surface area contributed by atoms with E-state index in [0.717, 1.165) is 17.2 Å². The summed E-state index contributed by atoms with van der Waals surface area (Å²) in [5.41, 5.74) is 9.72. The molecule has 0 heterocycles. The molecule has 5 aromatic rings. The van der Waals surface area contributed by atoms with Gasteiger partial charge in [0.05, 0.1) is 9.47 Å². The minimum absolute atomic E-state index is 0.296. The molecule has 0 saturated heterocycles. The molecular weight excluding hydrogens is 573 g/mol. The van der Waals surface area contributed by atoms with Gasteiger partial charge in [0.15, 0.2) is 0 Å². The molecule has 0 radical (unpaired) electrons. The van der Waals surface area contributed by atoms with Crippen LogP contribution in [0.1, 0.15) is 33.4 Å². The summed E-state index contributed by atoms with van der Waals surface area (Å²) >= 11 is 0. The van der Waals surface area contributed by atoms with Gasteiger partial charge in [-0.1, -0.05) is 102 Å². The van der Waals surface area contributed by atoms with E-state index in [4.69, 9.17) is 13.6 Å². The third-order valence-corrected chi connectivity index (χ3v) is 8.82. The van der Waals surface area contributed by atoms with Crippen molar-refractivity contribution in [3.05, 3.63) is 137 Å². The zero-order valence-corrected chi connectivity index (χ0v) is 28.3. The molecule has 0 fully saturated rings. The molecule has 216 valence electrons. The molecule has 0 bridgehead atoms. The molecule has 0 aromatic heterocycles. The lowest BCUT2D eigenvalue weighted by molar-refractivity contribution is 0.631. The van der Waals surface area contributed by atoms with Crippen molar-refractivity contribution in [2.75, 3.05) is 0 Å². The first kappa shape index (κ1) is 31.7. The lowest BCUT2D eigenvalue weighted by Crippen LogP contribution is -1.98. The van der Waals surface area contributed by atoms with Gasteiger partial charge in [0.1, 0.15) is 34.9 Å². The van der Waals surface area contributed by atoms with Crippen LogP contribution >= 0.6 is 27.1 Å². The highest BCUT2D eigenvalue weighted by Gasteiger charge is 2.05. The maximum atomic E-state index is 6.03. The van der Waals surface area contributed by atoms with E-state index in [1.165, 1.54) is 55.1 Å². The average molecular weight is 613 g/mol. The largest absolute Gasteiger partial charge is 0.480 e. The number of aryl methyl sites for hydroxylation is 6. The van der Waals surface area contributed by atoms with Crippen LogP contribution in [-0.2, 0) is 0 Å². The maximum Gasteiger partial charge on any atom is 0.126 e. The first-order valence-corrected chi connectivity index (χ1v) is 16.2. The molecule has 0 aliphatic carbocycles. The van der Waals surface area contributed by atoms with E-state index in [0.29, 0.717) is 17.6 Å². The van der Waals surface area contributed by atoms with Crippen molar-refractivity contribution < 1.29 is 13.6 Å². The summed E-state index contributed by atoms with van der Waals surface area (Å²) in [6.07, 6.45) is 0. The molecule has 5 aromatic carbocycles. The van der Waals surface area contributed by atoms with Crippen molar-refractivity contribution in [2.24, 2.45) is 0 Å². The fourth-order valence-electron chi connectivity index (χ4n) is 4.45. The van der Waals surface area contributed by atoms with Crippen LogP contribution in [0.5, 0.6) is 17.2 Å². The highest BCUT2D eigenvalue weighted by Crippen LogP contribution is 2.28. The van der Waals surface area contributed by atoms with Gasteiger partial charge in [-0.3, -0.25) is 0 Å².